The van der Waals surface area contributed by atoms with Crippen LogP contribution < -0.4 is 10.1 Å². The third-order valence-corrected chi connectivity index (χ3v) is 6.52. The molecule has 1 aromatic carbocycles. The average Bonchev–Trinajstić information content (AvgIpc) is 3.33. The summed E-state index contributed by atoms with van der Waals surface area (Å²) in [6, 6.07) is 10.7. The molecular weight excluding hydrogens is 350 g/mol. The Balaban J connectivity index is 1.40. The van der Waals surface area contributed by atoms with Gasteiger partial charge in [0.1, 0.15) is 5.75 Å². The van der Waals surface area contributed by atoms with Gasteiger partial charge < -0.3 is 14.6 Å². The van der Waals surface area contributed by atoms with Crippen LogP contribution in [0.2, 0.25) is 0 Å². The van der Waals surface area contributed by atoms with Crippen LogP contribution in [-0.4, -0.2) is 39.4 Å². The second-order valence-electron chi connectivity index (χ2n) is 8.01. The van der Waals surface area contributed by atoms with Crippen LogP contribution in [-0.2, 0) is 19.1 Å². The smallest absolute Gasteiger partial charge is 0.121 e. The van der Waals surface area contributed by atoms with Gasteiger partial charge in [-0.2, -0.15) is 5.10 Å². The van der Waals surface area contributed by atoms with Gasteiger partial charge in [-0.15, -0.1) is 0 Å². The van der Waals surface area contributed by atoms with Gasteiger partial charge >= 0.3 is 0 Å². The van der Waals surface area contributed by atoms with Gasteiger partial charge in [-0.3, -0.25) is 9.58 Å². The number of likely N-dealkylation sites (tertiary alicyclic amines) is 1. The Kier molecular flexibility index (Phi) is 3.98. The highest BCUT2D eigenvalue weighted by molar-refractivity contribution is 5.69. The zero-order chi connectivity index (χ0) is 19.3. The van der Waals surface area contributed by atoms with E-state index in [1.165, 1.54) is 22.6 Å². The quantitative estimate of drug-likeness (QED) is 0.760. The van der Waals surface area contributed by atoms with E-state index in [0.717, 1.165) is 43.9 Å². The number of hydrogen-bond donors (Lipinski definition) is 1. The van der Waals surface area contributed by atoms with E-state index in [1.54, 1.807) is 7.11 Å². The van der Waals surface area contributed by atoms with Crippen molar-refractivity contribution in [3.63, 3.8) is 0 Å². The first-order chi connectivity index (χ1) is 13.6. The van der Waals surface area contributed by atoms with Crippen LogP contribution in [0.1, 0.15) is 29.8 Å². The van der Waals surface area contributed by atoms with Gasteiger partial charge in [0, 0.05) is 55.9 Å². The number of anilines is 1. The van der Waals surface area contributed by atoms with Crippen molar-refractivity contribution in [2.75, 3.05) is 25.5 Å². The van der Waals surface area contributed by atoms with E-state index in [2.05, 4.69) is 57.3 Å². The van der Waals surface area contributed by atoms with Gasteiger partial charge in [0.15, 0.2) is 0 Å². The molecule has 0 amide bonds. The summed E-state index contributed by atoms with van der Waals surface area (Å²) < 4.78 is 9.76. The molecule has 4 heterocycles. The number of piperidine rings is 1. The maximum atomic E-state index is 5.46. The summed E-state index contributed by atoms with van der Waals surface area (Å²) in [5, 5.41) is 8.28. The fraction of sp³-hybridized carbons (Fsp3) is 0.409. The summed E-state index contributed by atoms with van der Waals surface area (Å²) in [6.07, 6.45) is 6.33. The number of rotatable bonds is 3. The molecular formula is C22H27N5O. The fourth-order valence-electron chi connectivity index (χ4n) is 4.67. The van der Waals surface area contributed by atoms with Gasteiger partial charge in [-0.25, -0.2) is 0 Å². The molecule has 146 valence electrons. The first-order valence-electron chi connectivity index (χ1n) is 9.94. The molecule has 0 unspecified atom stereocenters. The zero-order valence-corrected chi connectivity index (χ0v) is 16.8. The van der Waals surface area contributed by atoms with Crippen molar-refractivity contribution in [1.29, 1.82) is 0 Å². The molecule has 6 nitrogen and oxygen atoms in total. The third-order valence-electron chi connectivity index (χ3n) is 6.52. The van der Waals surface area contributed by atoms with Crippen molar-refractivity contribution in [3.05, 3.63) is 59.7 Å². The van der Waals surface area contributed by atoms with Crippen molar-refractivity contribution in [2.24, 2.45) is 7.05 Å². The molecule has 2 aromatic heterocycles. The lowest BCUT2D eigenvalue weighted by atomic mass is 9.82. The van der Waals surface area contributed by atoms with Crippen molar-refractivity contribution in [1.82, 2.24) is 19.2 Å². The molecule has 6 heteroatoms. The summed E-state index contributed by atoms with van der Waals surface area (Å²) in [6.45, 7) is 5.24. The summed E-state index contributed by atoms with van der Waals surface area (Å²) in [5.74, 6) is 0.890. The topological polar surface area (TPSA) is 47.2 Å². The molecule has 0 bridgehead atoms. The number of methoxy groups -OCH3 is 1. The summed E-state index contributed by atoms with van der Waals surface area (Å²) in [4.78, 5) is 2.55. The Bertz CT molecular complexity index is 1010. The number of hydrogen-bond acceptors (Lipinski definition) is 4. The molecule has 1 fully saturated rings. The molecule has 1 spiro atoms. The summed E-state index contributed by atoms with van der Waals surface area (Å²) in [5.41, 5.74) is 6.27. The Morgan fingerprint density at radius 2 is 2.04 bits per heavy atom. The predicted molar refractivity (Wildman–Crippen MR) is 110 cm³/mol. The van der Waals surface area contributed by atoms with Gasteiger partial charge in [0.2, 0.25) is 0 Å². The number of ether oxygens (including phenoxy) is 1. The number of benzene rings is 1. The molecule has 2 aliphatic rings. The highest BCUT2D eigenvalue weighted by Gasteiger charge is 2.41. The molecule has 0 aliphatic carbocycles. The molecule has 3 aromatic rings. The second kappa shape index (κ2) is 6.41. The second-order valence-corrected chi connectivity index (χ2v) is 8.01. The number of aryl methyl sites for hydroxylation is 1. The Morgan fingerprint density at radius 1 is 1.21 bits per heavy atom. The van der Waals surface area contributed by atoms with E-state index in [1.807, 2.05) is 24.0 Å². The minimum absolute atomic E-state index is 0.0245. The van der Waals surface area contributed by atoms with Crippen LogP contribution in [0.5, 0.6) is 5.75 Å². The van der Waals surface area contributed by atoms with Gasteiger partial charge in [0.25, 0.3) is 0 Å². The highest BCUT2D eigenvalue weighted by atomic mass is 16.5. The van der Waals surface area contributed by atoms with Crippen molar-refractivity contribution in [3.8, 4) is 11.4 Å². The first-order valence-corrected chi connectivity index (χ1v) is 9.94. The van der Waals surface area contributed by atoms with E-state index < -0.39 is 0 Å². The third kappa shape index (κ3) is 2.63. The van der Waals surface area contributed by atoms with Crippen molar-refractivity contribution >= 4 is 5.69 Å². The van der Waals surface area contributed by atoms with Crippen LogP contribution in [0, 0.1) is 6.92 Å². The number of aromatic nitrogens is 3. The molecule has 28 heavy (non-hydrogen) atoms. The SMILES string of the molecule is COc1ccc2c(c1)NC1(CCN(Cc3cnn(C)c3C)CC1)c1cccn1-2. The van der Waals surface area contributed by atoms with Crippen LogP contribution in [0.15, 0.2) is 42.7 Å². The minimum Gasteiger partial charge on any atom is -0.497 e. The van der Waals surface area contributed by atoms with E-state index in [4.69, 9.17) is 4.74 Å². The molecule has 5 rings (SSSR count). The maximum absolute atomic E-state index is 5.46. The van der Waals surface area contributed by atoms with Crippen LogP contribution in [0.4, 0.5) is 5.69 Å². The lowest BCUT2D eigenvalue weighted by molar-refractivity contribution is 0.161. The lowest BCUT2D eigenvalue weighted by Gasteiger charge is -2.46. The van der Waals surface area contributed by atoms with Gasteiger partial charge in [-0.05, 0) is 44.0 Å². The Hall–Kier alpha value is -2.73. The lowest BCUT2D eigenvalue weighted by Crippen LogP contribution is -2.49. The summed E-state index contributed by atoms with van der Waals surface area (Å²) >= 11 is 0. The molecule has 0 atom stereocenters. The fourth-order valence-corrected chi connectivity index (χ4v) is 4.67. The molecule has 0 radical (unpaired) electrons. The Morgan fingerprint density at radius 3 is 2.75 bits per heavy atom. The number of fused-ring (bicyclic) bond motifs is 4. The monoisotopic (exact) mass is 377 g/mol. The minimum atomic E-state index is -0.0245. The maximum Gasteiger partial charge on any atom is 0.121 e. The predicted octanol–water partition coefficient (Wildman–Crippen LogP) is 3.44. The largest absolute Gasteiger partial charge is 0.497 e. The zero-order valence-electron chi connectivity index (χ0n) is 16.8. The number of nitrogens with zero attached hydrogens (tertiary/aromatic N) is 4. The average molecular weight is 377 g/mol. The molecule has 2 aliphatic heterocycles. The van der Waals surface area contributed by atoms with Crippen molar-refractivity contribution < 1.29 is 4.74 Å². The first kappa shape index (κ1) is 17.4. The standard InChI is InChI=1S/C22H27N5O/c1-16-17(14-23-25(16)2)15-26-11-8-22(9-12-26)21-5-4-10-27(21)20-7-6-18(28-3)13-19(20)24-22/h4-7,10,13-14,24H,8-9,11-12,15H2,1-3H3. The normalized spacial score (nSPS) is 17.8. The molecule has 1 saturated heterocycles. The Labute approximate surface area is 165 Å². The van der Waals surface area contributed by atoms with E-state index >= 15 is 0 Å². The van der Waals surface area contributed by atoms with Crippen LogP contribution >= 0.6 is 0 Å². The van der Waals surface area contributed by atoms with Gasteiger partial charge in [0.05, 0.1) is 30.2 Å². The van der Waals surface area contributed by atoms with E-state index in [-0.39, 0.29) is 5.54 Å². The van der Waals surface area contributed by atoms with Crippen LogP contribution in [0.3, 0.4) is 0 Å². The molecule has 1 N–H and O–H groups in total. The van der Waals surface area contributed by atoms with Crippen molar-refractivity contribution in [2.45, 2.75) is 31.8 Å². The van der Waals surface area contributed by atoms with Gasteiger partial charge in [-0.1, -0.05) is 0 Å². The summed E-state index contributed by atoms with van der Waals surface area (Å²) in [7, 11) is 3.73. The van der Waals surface area contributed by atoms with Crippen LogP contribution in [0.25, 0.3) is 5.69 Å². The van der Waals surface area contributed by atoms with E-state index in [9.17, 15) is 0 Å². The number of nitrogens with one attached hydrogen (secondary N) is 1. The molecule has 0 saturated carbocycles. The highest BCUT2D eigenvalue weighted by Crippen LogP contribution is 2.44. The van der Waals surface area contributed by atoms with E-state index in [0.29, 0.717) is 0 Å².